The summed E-state index contributed by atoms with van der Waals surface area (Å²) in [5.74, 6) is 5.75. The third kappa shape index (κ3) is 3.73. The molecular formula is C8H12N2. The molecule has 0 spiro atoms. The van der Waals surface area contributed by atoms with Gasteiger partial charge in [0.05, 0.1) is 5.57 Å². The number of nitrogens with two attached hydrogens (primary N) is 1. The Morgan fingerprint density at radius 1 is 1.70 bits per heavy atom. The first kappa shape index (κ1) is 8.77. The zero-order valence-corrected chi connectivity index (χ0v) is 6.39. The topological polar surface area (TPSA) is 38.4 Å². The van der Waals surface area contributed by atoms with Crippen LogP contribution in [0.3, 0.4) is 0 Å². The summed E-state index contributed by atoms with van der Waals surface area (Å²) >= 11 is 0. The Labute approximate surface area is 61.8 Å². The predicted octanol–water partition coefficient (Wildman–Crippen LogP) is 0.943. The van der Waals surface area contributed by atoms with Gasteiger partial charge in [0.15, 0.2) is 0 Å². The number of rotatable bonds is 1. The van der Waals surface area contributed by atoms with E-state index >= 15 is 0 Å². The minimum atomic E-state index is 0.768. The van der Waals surface area contributed by atoms with Gasteiger partial charge in [0.25, 0.3) is 0 Å². The lowest BCUT2D eigenvalue weighted by Gasteiger charge is -1.83. The van der Waals surface area contributed by atoms with Crippen LogP contribution in [-0.2, 0) is 0 Å². The van der Waals surface area contributed by atoms with Gasteiger partial charge in [-0.1, -0.05) is 18.8 Å². The number of nitrogens with zero attached hydrogens (tertiary/aromatic N) is 1. The monoisotopic (exact) mass is 136 g/mol. The molecule has 0 aliphatic heterocycles. The summed E-state index contributed by atoms with van der Waals surface area (Å²) in [5.41, 5.74) is 6.01. The first-order chi connectivity index (χ1) is 4.85. The van der Waals surface area contributed by atoms with Crippen molar-refractivity contribution >= 4 is 6.21 Å². The summed E-state index contributed by atoms with van der Waals surface area (Å²) in [7, 11) is 1.69. The van der Waals surface area contributed by atoms with E-state index in [1.165, 1.54) is 6.20 Å². The molecule has 54 valence electrons. The SMILES string of the molecule is CCC#CC(C=NC)=CN. The molecule has 0 aliphatic carbocycles. The van der Waals surface area contributed by atoms with Gasteiger partial charge in [-0.15, -0.1) is 0 Å². The summed E-state index contributed by atoms with van der Waals surface area (Å²) in [6.45, 7) is 1.99. The molecule has 0 aromatic carbocycles. The van der Waals surface area contributed by atoms with Gasteiger partial charge in [-0.2, -0.15) is 0 Å². The van der Waals surface area contributed by atoms with E-state index < -0.39 is 0 Å². The van der Waals surface area contributed by atoms with Gasteiger partial charge in [-0.25, -0.2) is 0 Å². The van der Waals surface area contributed by atoms with Crippen LogP contribution >= 0.6 is 0 Å². The highest BCUT2D eigenvalue weighted by atomic mass is 14.6. The second kappa shape index (κ2) is 5.90. The number of aliphatic imine (C=N–C) groups is 1. The highest BCUT2D eigenvalue weighted by Gasteiger charge is 1.79. The van der Waals surface area contributed by atoms with E-state index in [1.807, 2.05) is 6.92 Å². The van der Waals surface area contributed by atoms with Crippen LogP contribution in [0, 0.1) is 11.8 Å². The zero-order chi connectivity index (χ0) is 7.82. The van der Waals surface area contributed by atoms with E-state index in [2.05, 4.69) is 16.8 Å². The van der Waals surface area contributed by atoms with Gasteiger partial charge in [0.1, 0.15) is 0 Å². The summed E-state index contributed by atoms with van der Waals surface area (Å²) in [6.07, 6.45) is 3.94. The second-order valence-corrected chi connectivity index (χ2v) is 1.66. The molecule has 0 bridgehead atoms. The largest absolute Gasteiger partial charge is 0.404 e. The minimum Gasteiger partial charge on any atom is -0.404 e. The van der Waals surface area contributed by atoms with Crippen molar-refractivity contribution in [3.63, 3.8) is 0 Å². The molecule has 0 saturated heterocycles. The third-order valence-electron chi connectivity index (χ3n) is 0.857. The first-order valence-electron chi connectivity index (χ1n) is 3.18. The number of allylic oxidation sites excluding steroid dienone is 1. The van der Waals surface area contributed by atoms with E-state index in [4.69, 9.17) is 5.73 Å². The summed E-state index contributed by atoms with van der Waals surface area (Å²) in [6, 6.07) is 0. The van der Waals surface area contributed by atoms with E-state index in [0.717, 1.165) is 12.0 Å². The second-order valence-electron chi connectivity index (χ2n) is 1.66. The summed E-state index contributed by atoms with van der Waals surface area (Å²) in [5, 5.41) is 0. The highest BCUT2D eigenvalue weighted by Crippen LogP contribution is 1.83. The summed E-state index contributed by atoms with van der Waals surface area (Å²) < 4.78 is 0. The fourth-order valence-corrected chi connectivity index (χ4v) is 0.447. The van der Waals surface area contributed by atoms with Crippen LogP contribution < -0.4 is 5.73 Å². The van der Waals surface area contributed by atoms with Crippen LogP contribution in [0.2, 0.25) is 0 Å². The Kier molecular flexibility index (Phi) is 5.17. The Morgan fingerprint density at radius 2 is 2.40 bits per heavy atom. The normalized spacial score (nSPS) is 11.2. The molecule has 2 heteroatoms. The zero-order valence-electron chi connectivity index (χ0n) is 6.39. The van der Waals surface area contributed by atoms with E-state index in [-0.39, 0.29) is 0 Å². The number of hydrogen-bond donors (Lipinski definition) is 1. The van der Waals surface area contributed by atoms with Crippen molar-refractivity contribution in [2.24, 2.45) is 10.7 Å². The average molecular weight is 136 g/mol. The molecule has 0 aliphatic rings. The molecule has 0 rings (SSSR count). The molecule has 0 aromatic heterocycles. The van der Waals surface area contributed by atoms with Crippen LogP contribution in [0.15, 0.2) is 16.8 Å². The Hall–Kier alpha value is -1.23. The molecule has 0 unspecified atom stereocenters. The van der Waals surface area contributed by atoms with E-state index in [9.17, 15) is 0 Å². The Bertz CT molecular complexity index is 191. The predicted molar refractivity (Wildman–Crippen MR) is 44.8 cm³/mol. The van der Waals surface area contributed by atoms with Crippen molar-refractivity contribution in [3.05, 3.63) is 11.8 Å². The highest BCUT2D eigenvalue weighted by molar-refractivity contribution is 5.84. The molecular weight excluding hydrogens is 124 g/mol. The van der Waals surface area contributed by atoms with Crippen LogP contribution in [0.5, 0.6) is 0 Å². The fourth-order valence-electron chi connectivity index (χ4n) is 0.447. The third-order valence-corrected chi connectivity index (χ3v) is 0.857. The van der Waals surface area contributed by atoms with Gasteiger partial charge >= 0.3 is 0 Å². The molecule has 2 nitrogen and oxygen atoms in total. The van der Waals surface area contributed by atoms with Crippen LogP contribution in [-0.4, -0.2) is 13.3 Å². The van der Waals surface area contributed by atoms with Gasteiger partial charge in [-0.3, -0.25) is 4.99 Å². The molecule has 10 heavy (non-hydrogen) atoms. The molecule has 2 N–H and O–H groups in total. The van der Waals surface area contributed by atoms with Crippen molar-refractivity contribution < 1.29 is 0 Å². The summed E-state index contributed by atoms with van der Waals surface area (Å²) in [4.78, 5) is 3.78. The van der Waals surface area contributed by atoms with Crippen molar-refractivity contribution in [2.45, 2.75) is 13.3 Å². The lowest BCUT2D eigenvalue weighted by molar-refractivity contribution is 1.28. The van der Waals surface area contributed by atoms with Gasteiger partial charge in [0.2, 0.25) is 0 Å². The molecule has 0 fully saturated rings. The molecule has 0 aromatic rings. The van der Waals surface area contributed by atoms with Crippen LogP contribution in [0.4, 0.5) is 0 Å². The molecule has 0 radical (unpaired) electrons. The average Bonchev–Trinajstić information content (AvgIpc) is 1.98. The molecule has 0 atom stereocenters. The van der Waals surface area contributed by atoms with Gasteiger partial charge < -0.3 is 5.73 Å². The minimum absolute atomic E-state index is 0.768. The quantitative estimate of drug-likeness (QED) is 0.423. The smallest absolute Gasteiger partial charge is 0.0578 e. The van der Waals surface area contributed by atoms with Crippen molar-refractivity contribution in [1.29, 1.82) is 0 Å². The van der Waals surface area contributed by atoms with Crippen LogP contribution in [0.1, 0.15) is 13.3 Å². The molecule has 0 saturated carbocycles. The lowest BCUT2D eigenvalue weighted by atomic mass is 10.3. The van der Waals surface area contributed by atoms with Crippen molar-refractivity contribution in [1.82, 2.24) is 0 Å². The van der Waals surface area contributed by atoms with Gasteiger partial charge in [-0.05, 0) is 0 Å². The lowest BCUT2D eigenvalue weighted by Crippen LogP contribution is -1.87. The van der Waals surface area contributed by atoms with E-state index in [1.54, 1.807) is 13.3 Å². The van der Waals surface area contributed by atoms with Crippen molar-refractivity contribution in [2.75, 3.05) is 7.05 Å². The first-order valence-corrected chi connectivity index (χ1v) is 3.18. The van der Waals surface area contributed by atoms with E-state index in [0.29, 0.717) is 0 Å². The Morgan fingerprint density at radius 3 is 2.80 bits per heavy atom. The van der Waals surface area contributed by atoms with Crippen LogP contribution in [0.25, 0.3) is 0 Å². The van der Waals surface area contributed by atoms with Crippen molar-refractivity contribution in [3.8, 4) is 11.8 Å². The maximum atomic E-state index is 5.24. The standard InChI is InChI=1S/C8H12N2/c1-3-4-5-8(6-9)7-10-2/h6-7H,3,9H2,1-2H3. The molecule has 0 heterocycles. The van der Waals surface area contributed by atoms with Gasteiger partial charge in [0, 0.05) is 25.9 Å². The molecule has 0 amide bonds. The maximum Gasteiger partial charge on any atom is 0.0578 e. The maximum absolute atomic E-state index is 5.24. The fraction of sp³-hybridized carbons (Fsp3) is 0.375. The number of hydrogen-bond acceptors (Lipinski definition) is 2. The Balaban J connectivity index is 4.11.